The molecule has 0 atom stereocenters. The van der Waals surface area contributed by atoms with Crippen LogP contribution in [-0.4, -0.2) is 36.0 Å². The average molecular weight is 243 g/mol. The summed E-state index contributed by atoms with van der Waals surface area (Å²) in [4.78, 5) is 2.24. The topological polar surface area (TPSA) is 41.3 Å². The summed E-state index contributed by atoms with van der Waals surface area (Å²) >= 11 is 2.36. The van der Waals surface area contributed by atoms with Gasteiger partial charge in [-0.25, -0.2) is 0 Å². The third kappa shape index (κ3) is 6.50. The van der Waals surface area contributed by atoms with E-state index in [0.717, 1.165) is 19.6 Å². The zero-order valence-corrected chi connectivity index (χ0v) is 7.89. The van der Waals surface area contributed by atoms with E-state index in [2.05, 4.69) is 40.0 Å². The summed E-state index contributed by atoms with van der Waals surface area (Å²) in [6.45, 7) is 3.04. The Labute approximate surface area is 70.1 Å². The number of nitrogens with zero attached hydrogens (tertiary/aromatic N) is 1. The van der Waals surface area contributed by atoms with E-state index in [1.165, 1.54) is 4.43 Å². The van der Waals surface area contributed by atoms with Crippen molar-refractivity contribution >= 4 is 22.6 Å². The van der Waals surface area contributed by atoms with Gasteiger partial charge in [0.1, 0.15) is 0 Å². The molecule has 0 aromatic rings. The normalized spacial score (nSPS) is 10.7. The number of rotatable bonds is 5. The van der Waals surface area contributed by atoms with E-state index in [1.807, 2.05) is 0 Å². The molecule has 3 N–H and O–H groups in total. The molecule has 0 aromatic heterocycles. The van der Waals surface area contributed by atoms with Crippen LogP contribution in [-0.2, 0) is 0 Å². The Kier molecular flexibility index (Phi) is 7.18. The molecule has 0 aliphatic rings. The van der Waals surface area contributed by atoms with Gasteiger partial charge in [-0.2, -0.15) is 0 Å². The Morgan fingerprint density at radius 1 is 1.56 bits per heavy atom. The molecule has 0 bridgehead atoms. The number of hydrogen-bond acceptors (Lipinski definition) is 3. The zero-order chi connectivity index (χ0) is 7.11. The number of hydrazine groups is 1. The van der Waals surface area contributed by atoms with Crippen LogP contribution >= 0.6 is 22.6 Å². The molecule has 0 rings (SSSR count). The molecule has 0 saturated carbocycles. The van der Waals surface area contributed by atoms with E-state index in [1.54, 1.807) is 0 Å². The summed E-state index contributed by atoms with van der Waals surface area (Å²) in [5.41, 5.74) is 2.61. The molecule has 9 heavy (non-hydrogen) atoms. The van der Waals surface area contributed by atoms with Crippen molar-refractivity contribution in [3.63, 3.8) is 0 Å². The number of halogens is 1. The first kappa shape index (κ1) is 9.61. The zero-order valence-electron chi connectivity index (χ0n) is 5.73. The molecule has 0 unspecified atom stereocenters. The van der Waals surface area contributed by atoms with E-state index in [0.29, 0.717) is 0 Å². The largest absolute Gasteiger partial charge is 0.304 e. The van der Waals surface area contributed by atoms with Gasteiger partial charge in [0.15, 0.2) is 0 Å². The van der Waals surface area contributed by atoms with Crippen molar-refractivity contribution in [1.29, 1.82) is 0 Å². The van der Waals surface area contributed by atoms with Crippen LogP contribution < -0.4 is 11.3 Å². The predicted molar refractivity (Wildman–Crippen MR) is 48.6 cm³/mol. The standard InChI is InChI=1S/C5H14IN3/c1-9(4-2-6)5-3-8-7/h8H,2-5,7H2,1H3. The molecule has 0 radical (unpaired) electrons. The van der Waals surface area contributed by atoms with E-state index < -0.39 is 0 Å². The number of nitrogens with two attached hydrogens (primary N) is 1. The van der Waals surface area contributed by atoms with Crippen LogP contribution in [0.2, 0.25) is 0 Å². The average Bonchev–Trinajstić information content (AvgIpc) is 1.85. The molecule has 3 nitrogen and oxygen atoms in total. The first-order valence-corrected chi connectivity index (χ1v) is 4.51. The molecule has 0 saturated heterocycles. The van der Waals surface area contributed by atoms with Crippen LogP contribution in [0.4, 0.5) is 0 Å². The van der Waals surface area contributed by atoms with Gasteiger partial charge in [0.05, 0.1) is 0 Å². The van der Waals surface area contributed by atoms with E-state index in [4.69, 9.17) is 5.84 Å². The Hall–Kier alpha value is 0.610. The van der Waals surface area contributed by atoms with Gasteiger partial charge in [0.25, 0.3) is 0 Å². The lowest BCUT2D eigenvalue weighted by molar-refractivity contribution is 0.355. The van der Waals surface area contributed by atoms with E-state index >= 15 is 0 Å². The van der Waals surface area contributed by atoms with Crippen molar-refractivity contribution in [2.75, 3.05) is 31.1 Å². The highest BCUT2D eigenvalue weighted by molar-refractivity contribution is 14.1. The summed E-state index contributed by atoms with van der Waals surface area (Å²) in [6.07, 6.45) is 0. The van der Waals surface area contributed by atoms with Gasteiger partial charge in [-0.1, -0.05) is 22.6 Å². The predicted octanol–water partition coefficient (Wildman–Crippen LogP) is -0.183. The summed E-state index contributed by atoms with van der Waals surface area (Å²) in [6, 6.07) is 0. The molecule has 0 aliphatic heterocycles. The number of hydrogen-bond donors (Lipinski definition) is 2. The summed E-state index contributed by atoms with van der Waals surface area (Å²) in [5, 5.41) is 0. The lowest BCUT2D eigenvalue weighted by atomic mass is 10.5. The van der Waals surface area contributed by atoms with Crippen LogP contribution in [0.1, 0.15) is 0 Å². The van der Waals surface area contributed by atoms with Crippen LogP contribution in [0.5, 0.6) is 0 Å². The second kappa shape index (κ2) is 6.73. The van der Waals surface area contributed by atoms with Crippen LogP contribution in [0.3, 0.4) is 0 Å². The molecular formula is C5H14IN3. The van der Waals surface area contributed by atoms with Crippen LogP contribution in [0.25, 0.3) is 0 Å². The molecule has 0 heterocycles. The Morgan fingerprint density at radius 2 is 2.22 bits per heavy atom. The highest BCUT2D eigenvalue weighted by Gasteiger charge is 1.92. The fourth-order valence-electron chi connectivity index (χ4n) is 0.511. The Bertz CT molecular complexity index is 60.2. The molecule has 0 amide bonds. The molecule has 56 valence electrons. The smallest absolute Gasteiger partial charge is 0.0225 e. The Balaban J connectivity index is 2.95. The minimum absolute atomic E-state index is 0.868. The van der Waals surface area contributed by atoms with Gasteiger partial charge in [0, 0.05) is 24.1 Å². The van der Waals surface area contributed by atoms with Gasteiger partial charge in [-0.3, -0.25) is 11.3 Å². The van der Waals surface area contributed by atoms with Gasteiger partial charge < -0.3 is 4.90 Å². The van der Waals surface area contributed by atoms with Crippen molar-refractivity contribution in [1.82, 2.24) is 10.3 Å². The number of likely N-dealkylation sites (N-methyl/N-ethyl adjacent to an activating group) is 1. The minimum Gasteiger partial charge on any atom is -0.304 e. The molecule has 0 spiro atoms. The van der Waals surface area contributed by atoms with Crippen molar-refractivity contribution in [3.05, 3.63) is 0 Å². The number of alkyl halides is 1. The number of nitrogens with one attached hydrogen (secondary N) is 1. The van der Waals surface area contributed by atoms with Gasteiger partial charge >= 0.3 is 0 Å². The summed E-state index contributed by atoms with van der Waals surface area (Å²) < 4.78 is 1.18. The monoisotopic (exact) mass is 243 g/mol. The summed E-state index contributed by atoms with van der Waals surface area (Å²) in [7, 11) is 2.09. The molecule has 0 aliphatic carbocycles. The van der Waals surface area contributed by atoms with Crippen molar-refractivity contribution in [2.24, 2.45) is 5.84 Å². The van der Waals surface area contributed by atoms with Crippen LogP contribution in [0.15, 0.2) is 0 Å². The maximum atomic E-state index is 5.09. The lowest BCUT2D eigenvalue weighted by Crippen LogP contribution is -2.33. The molecule has 4 heteroatoms. The fraction of sp³-hybridized carbons (Fsp3) is 1.00. The van der Waals surface area contributed by atoms with Crippen molar-refractivity contribution in [3.8, 4) is 0 Å². The molecular weight excluding hydrogens is 229 g/mol. The third-order valence-corrected chi connectivity index (χ3v) is 1.59. The minimum atomic E-state index is 0.868. The SMILES string of the molecule is CN(CCI)CCNN. The van der Waals surface area contributed by atoms with E-state index in [-0.39, 0.29) is 0 Å². The third-order valence-electron chi connectivity index (χ3n) is 1.10. The Morgan fingerprint density at radius 3 is 2.67 bits per heavy atom. The highest BCUT2D eigenvalue weighted by Crippen LogP contribution is 1.84. The first-order valence-electron chi connectivity index (χ1n) is 2.99. The van der Waals surface area contributed by atoms with Crippen molar-refractivity contribution < 1.29 is 0 Å². The van der Waals surface area contributed by atoms with Gasteiger partial charge in [-0.05, 0) is 7.05 Å². The second-order valence-corrected chi connectivity index (χ2v) is 3.03. The molecule has 0 fully saturated rings. The summed E-state index contributed by atoms with van der Waals surface area (Å²) in [5.74, 6) is 5.09. The fourth-order valence-corrected chi connectivity index (χ4v) is 1.34. The first-order chi connectivity index (χ1) is 4.31. The quantitative estimate of drug-likeness (QED) is 0.304. The van der Waals surface area contributed by atoms with Crippen molar-refractivity contribution in [2.45, 2.75) is 0 Å². The molecule has 0 aromatic carbocycles. The van der Waals surface area contributed by atoms with Gasteiger partial charge in [-0.15, -0.1) is 0 Å². The highest BCUT2D eigenvalue weighted by atomic mass is 127. The lowest BCUT2D eigenvalue weighted by Gasteiger charge is -2.13. The maximum absolute atomic E-state index is 5.09. The second-order valence-electron chi connectivity index (χ2n) is 1.95. The maximum Gasteiger partial charge on any atom is 0.0225 e. The van der Waals surface area contributed by atoms with Gasteiger partial charge in [0.2, 0.25) is 0 Å². The van der Waals surface area contributed by atoms with E-state index in [9.17, 15) is 0 Å². The van der Waals surface area contributed by atoms with Crippen LogP contribution in [0, 0.1) is 0 Å².